The number of anilines is 1. The first kappa shape index (κ1) is 15.3. The van der Waals surface area contributed by atoms with E-state index < -0.39 is 0 Å². The van der Waals surface area contributed by atoms with Crippen LogP contribution in [-0.2, 0) is 0 Å². The fourth-order valence-corrected chi connectivity index (χ4v) is 4.20. The molecular formula is C18H20N4OS. The summed E-state index contributed by atoms with van der Waals surface area (Å²) in [5.41, 5.74) is 2.51. The Labute approximate surface area is 144 Å². The van der Waals surface area contributed by atoms with Gasteiger partial charge in [-0.05, 0) is 44.9 Å². The summed E-state index contributed by atoms with van der Waals surface area (Å²) in [4.78, 5) is 17.2. The van der Waals surface area contributed by atoms with E-state index in [1.807, 2.05) is 42.9 Å². The number of benzene rings is 1. The van der Waals surface area contributed by atoms with Crippen LogP contribution in [0.5, 0.6) is 0 Å². The molecule has 3 aromatic rings. The van der Waals surface area contributed by atoms with Gasteiger partial charge in [0.15, 0.2) is 0 Å². The molecule has 1 aliphatic rings. The average molecular weight is 340 g/mol. The maximum Gasteiger partial charge on any atom is 0.256 e. The number of carbonyl (C=O) groups is 1. The zero-order chi connectivity index (χ0) is 16.7. The molecule has 24 heavy (non-hydrogen) atoms. The van der Waals surface area contributed by atoms with Crippen molar-refractivity contribution in [2.45, 2.75) is 45.6 Å². The Morgan fingerprint density at radius 2 is 2.08 bits per heavy atom. The number of carbonyl (C=O) groups excluding carboxylic acids is 1. The molecule has 1 fully saturated rings. The van der Waals surface area contributed by atoms with Gasteiger partial charge in [0.2, 0.25) is 0 Å². The van der Waals surface area contributed by atoms with Gasteiger partial charge in [-0.25, -0.2) is 9.67 Å². The quantitative estimate of drug-likeness (QED) is 0.765. The molecular weight excluding hydrogens is 320 g/mol. The van der Waals surface area contributed by atoms with Gasteiger partial charge in [0.25, 0.3) is 5.91 Å². The van der Waals surface area contributed by atoms with E-state index in [4.69, 9.17) is 0 Å². The van der Waals surface area contributed by atoms with Crippen LogP contribution in [0.15, 0.2) is 24.4 Å². The summed E-state index contributed by atoms with van der Waals surface area (Å²) in [6, 6.07) is 6.09. The number of aryl methyl sites for hydroxylation is 2. The zero-order valence-corrected chi connectivity index (χ0v) is 14.7. The van der Waals surface area contributed by atoms with Crippen LogP contribution in [0.25, 0.3) is 10.2 Å². The van der Waals surface area contributed by atoms with Gasteiger partial charge in [-0.1, -0.05) is 12.8 Å². The first-order chi connectivity index (χ1) is 11.6. The molecule has 0 unspecified atom stereocenters. The second-order valence-corrected chi connectivity index (χ2v) is 7.66. The van der Waals surface area contributed by atoms with Crippen LogP contribution in [-0.4, -0.2) is 20.7 Å². The molecule has 0 spiro atoms. The van der Waals surface area contributed by atoms with Gasteiger partial charge in [0, 0.05) is 11.1 Å². The maximum absolute atomic E-state index is 12.7. The molecule has 1 saturated carbocycles. The summed E-state index contributed by atoms with van der Waals surface area (Å²) in [6.45, 7) is 3.97. The molecule has 1 aliphatic carbocycles. The maximum atomic E-state index is 12.7. The van der Waals surface area contributed by atoms with E-state index in [2.05, 4.69) is 15.4 Å². The molecule has 1 amide bonds. The summed E-state index contributed by atoms with van der Waals surface area (Å²) >= 11 is 1.64. The Kier molecular flexibility index (Phi) is 3.84. The molecule has 0 bridgehead atoms. The highest BCUT2D eigenvalue weighted by Crippen LogP contribution is 2.32. The smallest absolute Gasteiger partial charge is 0.256 e. The summed E-state index contributed by atoms with van der Waals surface area (Å²) in [5.74, 6) is 0.715. The van der Waals surface area contributed by atoms with Crippen molar-refractivity contribution in [2.75, 3.05) is 5.32 Å². The largest absolute Gasteiger partial charge is 0.307 e. The Morgan fingerprint density at radius 1 is 1.29 bits per heavy atom. The highest BCUT2D eigenvalue weighted by atomic mass is 32.1. The van der Waals surface area contributed by atoms with Crippen molar-refractivity contribution in [3.8, 4) is 0 Å². The van der Waals surface area contributed by atoms with Crippen molar-refractivity contribution in [1.29, 1.82) is 0 Å². The van der Waals surface area contributed by atoms with Crippen molar-refractivity contribution in [3.05, 3.63) is 40.5 Å². The average Bonchev–Trinajstić information content (AvgIpc) is 3.27. The highest BCUT2D eigenvalue weighted by molar-refractivity contribution is 7.18. The molecule has 2 heterocycles. The van der Waals surface area contributed by atoms with Gasteiger partial charge in [0.05, 0.1) is 27.5 Å². The molecule has 4 rings (SSSR count). The first-order valence-electron chi connectivity index (χ1n) is 8.34. The minimum Gasteiger partial charge on any atom is -0.307 e. The van der Waals surface area contributed by atoms with Crippen molar-refractivity contribution >= 4 is 33.3 Å². The number of aromatic nitrogens is 3. The summed E-state index contributed by atoms with van der Waals surface area (Å²) in [7, 11) is 0. The zero-order valence-electron chi connectivity index (χ0n) is 13.9. The Bertz CT molecular complexity index is 905. The fourth-order valence-electron chi connectivity index (χ4n) is 3.39. The summed E-state index contributed by atoms with van der Waals surface area (Å²) in [5, 5.41) is 8.56. The lowest BCUT2D eigenvalue weighted by molar-refractivity contribution is 0.102. The normalized spacial score (nSPS) is 15.2. The van der Waals surface area contributed by atoms with Gasteiger partial charge in [-0.3, -0.25) is 4.79 Å². The third kappa shape index (κ3) is 2.71. The summed E-state index contributed by atoms with van der Waals surface area (Å²) < 4.78 is 3.10. The van der Waals surface area contributed by atoms with Crippen molar-refractivity contribution in [3.63, 3.8) is 0 Å². The number of amides is 1. The van der Waals surface area contributed by atoms with E-state index in [1.54, 1.807) is 11.3 Å². The second-order valence-electron chi connectivity index (χ2n) is 6.43. The van der Waals surface area contributed by atoms with E-state index in [0.29, 0.717) is 11.6 Å². The third-order valence-electron chi connectivity index (χ3n) is 4.64. The van der Waals surface area contributed by atoms with Gasteiger partial charge in [-0.15, -0.1) is 11.3 Å². The second kappa shape index (κ2) is 6.02. The van der Waals surface area contributed by atoms with Gasteiger partial charge in [0.1, 0.15) is 5.82 Å². The standard InChI is InChI=1S/C18H20N4OS/c1-11-10-19-22(14-5-3-4-6-14)17(11)21-18(23)13-7-8-16-15(9-13)20-12(2)24-16/h7-10,14H,3-6H2,1-2H3,(H,21,23). The van der Waals surface area contributed by atoms with Crippen molar-refractivity contribution < 1.29 is 4.79 Å². The SMILES string of the molecule is Cc1nc2cc(C(=O)Nc3c(C)cnn3C3CCCC3)ccc2s1. The van der Waals surface area contributed by atoms with Crippen LogP contribution < -0.4 is 5.32 Å². The van der Waals surface area contributed by atoms with E-state index in [1.165, 1.54) is 12.8 Å². The van der Waals surface area contributed by atoms with E-state index in [0.717, 1.165) is 39.4 Å². The highest BCUT2D eigenvalue weighted by Gasteiger charge is 2.22. The van der Waals surface area contributed by atoms with Crippen LogP contribution in [0.4, 0.5) is 5.82 Å². The molecule has 6 heteroatoms. The van der Waals surface area contributed by atoms with Gasteiger partial charge in [-0.2, -0.15) is 5.10 Å². The topological polar surface area (TPSA) is 59.8 Å². The molecule has 1 N–H and O–H groups in total. The molecule has 0 atom stereocenters. The first-order valence-corrected chi connectivity index (χ1v) is 9.16. The van der Waals surface area contributed by atoms with Gasteiger partial charge < -0.3 is 5.32 Å². The molecule has 124 valence electrons. The number of fused-ring (bicyclic) bond motifs is 1. The molecule has 5 nitrogen and oxygen atoms in total. The molecule has 0 radical (unpaired) electrons. The molecule has 0 saturated heterocycles. The van der Waals surface area contributed by atoms with Crippen LogP contribution in [0.1, 0.15) is 52.7 Å². The van der Waals surface area contributed by atoms with E-state index in [9.17, 15) is 4.79 Å². The van der Waals surface area contributed by atoms with Crippen LogP contribution >= 0.6 is 11.3 Å². The Morgan fingerprint density at radius 3 is 2.88 bits per heavy atom. The van der Waals surface area contributed by atoms with Crippen molar-refractivity contribution in [1.82, 2.24) is 14.8 Å². The Hall–Kier alpha value is -2.21. The molecule has 1 aromatic carbocycles. The number of nitrogens with zero attached hydrogens (tertiary/aromatic N) is 3. The third-order valence-corrected chi connectivity index (χ3v) is 5.59. The van der Waals surface area contributed by atoms with E-state index >= 15 is 0 Å². The van der Waals surface area contributed by atoms with E-state index in [-0.39, 0.29) is 5.91 Å². The monoisotopic (exact) mass is 340 g/mol. The number of hydrogen-bond acceptors (Lipinski definition) is 4. The fraction of sp³-hybridized carbons (Fsp3) is 0.389. The minimum atomic E-state index is -0.106. The predicted octanol–water partition coefficient (Wildman–Crippen LogP) is 4.48. The molecule has 0 aliphatic heterocycles. The number of hydrogen-bond donors (Lipinski definition) is 1. The van der Waals surface area contributed by atoms with Crippen LogP contribution in [0, 0.1) is 13.8 Å². The number of nitrogens with one attached hydrogen (secondary N) is 1. The van der Waals surface area contributed by atoms with Crippen molar-refractivity contribution in [2.24, 2.45) is 0 Å². The lowest BCUT2D eigenvalue weighted by Gasteiger charge is -2.15. The summed E-state index contributed by atoms with van der Waals surface area (Å²) in [6.07, 6.45) is 6.57. The minimum absolute atomic E-state index is 0.106. The molecule has 2 aromatic heterocycles. The van der Waals surface area contributed by atoms with Crippen LogP contribution in [0.3, 0.4) is 0 Å². The van der Waals surface area contributed by atoms with Gasteiger partial charge >= 0.3 is 0 Å². The number of rotatable bonds is 3. The number of thiazole rings is 1. The van der Waals surface area contributed by atoms with Crippen LogP contribution in [0.2, 0.25) is 0 Å². The lowest BCUT2D eigenvalue weighted by atomic mass is 10.2. The lowest BCUT2D eigenvalue weighted by Crippen LogP contribution is -2.18. The Balaban J connectivity index is 1.62. The predicted molar refractivity (Wildman–Crippen MR) is 96.8 cm³/mol.